The van der Waals surface area contributed by atoms with Crippen molar-refractivity contribution < 1.29 is 0 Å². The summed E-state index contributed by atoms with van der Waals surface area (Å²) in [5.41, 5.74) is 2.22. The zero-order valence-corrected chi connectivity index (χ0v) is 13.3. The van der Waals surface area contributed by atoms with Crippen LogP contribution in [0.3, 0.4) is 0 Å². The highest BCUT2D eigenvalue weighted by molar-refractivity contribution is 7.15. The SMILES string of the molecule is Clc1cnn(Cc2ccc(NCc3cnc(Cl)s3)cc2)c1. The lowest BCUT2D eigenvalue weighted by molar-refractivity contribution is 0.687. The fourth-order valence-corrected chi connectivity index (χ4v) is 2.97. The molecule has 0 fully saturated rings. The van der Waals surface area contributed by atoms with E-state index in [4.69, 9.17) is 23.2 Å². The van der Waals surface area contributed by atoms with E-state index in [1.807, 2.05) is 16.8 Å². The molecule has 0 unspecified atom stereocenters. The fourth-order valence-electron chi connectivity index (χ4n) is 1.89. The average molecular weight is 339 g/mol. The number of hydrogen-bond donors (Lipinski definition) is 1. The van der Waals surface area contributed by atoms with Gasteiger partial charge in [0.25, 0.3) is 0 Å². The van der Waals surface area contributed by atoms with Crippen LogP contribution in [0.1, 0.15) is 10.4 Å². The Morgan fingerprint density at radius 1 is 1.14 bits per heavy atom. The lowest BCUT2D eigenvalue weighted by atomic mass is 10.2. The maximum atomic E-state index is 5.85. The van der Waals surface area contributed by atoms with E-state index in [-0.39, 0.29) is 0 Å². The van der Waals surface area contributed by atoms with Gasteiger partial charge in [-0.25, -0.2) is 4.98 Å². The highest BCUT2D eigenvalue weighted by Crippen LogP contribution is 2.19. The smallest absolute Gasteiger partial charge is 0.183 e. The zero-order valence-electron chi connectivity index (χ0n) is 11.0. The van der Waals surface area contributed by atoms with Gasteiger partial charge in [-0.2, -0.15) is 5.10 Å². The lowest BCUT2D eigenvalue weighted by Gasteiger charge is -2.06. The van der Waals surface area contributed by atoms with Gasteiger partial charge in [0, 0.05) is 23.0 Å². The van der Waals surface area contributed by atoms with Crippen molar-refractivity contribution in [2.75, 3.05) is 5.32 Å². The van der Waals surface area contributed by atoms with Gasteiger partial charge in [0.05, 0.1) is 24.3 Å². The number of nitrogens with zero attached hydrogens (tertiary/aromatic N) is 3. The summed E-state index contributed by atoms with van der Waals surface area (Å²) in [5, 5.41) is 8.15. The first-order chi connectivity index (χ1) is 10.2. The summed E-state index contributed by atoms with van der Waals surface area (Å²) >= 11 is 13.1. The molecule has 2 aromatic heterocycles. The van der Waals surface area contributed by atoms with Gasteiger partial charge < -0.3 is 5.32 Å². The van der Waals surface area contributed by atoms with Gasteiger partial charge in [0.1, 0.15) is 0 Å². The highest BCUT2D eigenvalue weighted by atomic mass is 35.5. The third-order valence-electron chi connectivity index (χ3n) is 2.89. The van der Waals surface area contributed by atoms with Crippen LogP contribution in [0.15, 0.2) is 42.9 Å². The summed E-state index contributed by atoms with van der Waals surface area (Å²) in [6.07, 6.45) is 5.23. The Kier molecular flexibility index (Phi) is 4.43. The molecule has 3 aromatic rings. The van der Waals surface area contributed by atoms with E-state index in [0.717, 1.165) is 17.1 Å². The molecule has 0 radical (unpaired) electrons. The largest absolute Gasteiger partial charge is 0.380 e. The van der Waals surface area contributed by atoms with Crippen LogP contribution in [0.25, 0.3) is 0 Å². The number of nitrogens with one attached hydrogen (secondary N) is 1. The van der Waals surface area contributed by atoms with E-state index < -0.39 is 0 Å². The Labute approximate surface area is 136 Å². The normalized spacial score (nSPS) is 10.8. The molecule has 0 amide bonds. The molecule has 0 aliphatic heterocycles. The zero-order chi connectivity index (χ0) is 14.7. The molecule has 0 atom stereocenters. The molecule has 21 heavy (non-hydrogen) atoms. The van der Waals surface area contributed by atoms with Crippen LogP contribution >= 0.6 is 34.5 Å². The van der Waals surface area contributed by atoms with Gasteiger partial charge in [-0.1, -0.05) is 35.3 Å². The molecule has 1 aromatic carbocycles. The van der Waals surface area contributed by atoms with Crippen molar-refractivity contribution in [3.8, 4) is 0 Å². The monoisotopic (exact) mass is 338 g/mol. The maximum absolute atomic E-state index is 5.85. The fraction of sp³-hybridized carbons (Fsp3) is 0.143. The van der Waals surface area contributed by atoms with E-state index in [1.165, 1.54) is 16.9 Å². The molecule has 1 N–H and O–H groups in total. The summed E-state index contributed by atoms with van der Waals surface area (Å²) < 4.78 is 2.38. The van der Waals surface area contributed by atoms with Crippen LogP contribution in [0.2, 0.25) is 9.49 Å². The number of anilines is 1. The highest BCUT2D eigenvalue weighted by Gasteiger charge is 2.01. The van der Waals surface area contributed by atoms with Crippen molar-refractivity contribution >= 4 is 40.2 Å². The number of rotatable bonds is 5. The second kappa shape index (κ2) is 6.47. The third-order valence-corrected chi connectivity index (χ3v) is 4.20. The molecule has 4 nitrogen and oxygen atoms in total. The number of halogens is 2. The van der Waals surface area contributed by atoms with E-state index in [9.17, 15) is 0 Å². The lowest BCUT2D eigenvalue weighted by Crippen LogP contribution is -2.01. The van der Waals surface area contributed by atoms with Crippen LogP contribution in [0, 0.1) is 0 Å². The minimum atomic E-state index is 0.569. The van der Waals surface area contributed by atoms with Gasteiger partial charge in [-0.3, -0.25) is 4.68 Å². The summed E-state index contributed by atoms with van der Waals surface area (Å²) in [5.74, 6) is 0. The van der Waals surface area contributed by atoms with E-state index in [0.29, 0.717) is 16.0 Å². The Morgan fingerprint density at radius 3 is 2.57 bits per heavy atom. The molecule has 0 bridgehead atoms. The van der Waals surface area contributed by atoms with Crippen molar-refractivity contribution in [3.63, 3.8) is 0 Å². The number of hydrogen-bond acceptors (Lipinski definition) is 4. The number of thiazole rings is 1. The minimum absolute atomic E-state index is 0.569. The van der Waals surface area contributed by atoms with Crippen LogP contribution in [0.4, 0.5) is 5.69 Å². The Balaban J connectivity index is 1.58. The first-order valence-corrected chi connectivity index (χ1v) is 7.87. The Bertz CT molecular complexity index is 721. The predicted molar refractivity (Wildman–Crippen MR) is 87.2 cm³/mol. The molecule has 108 valence electrons. The van der Waals surface area contributed by atoms with Crippen molar-refractivity contribution in [1.29, 1.82) is 0 Å². The van der Waals surface area contributed by atoms with E-state index >= 15 is 0 Å². The van der Waals surface area contributed by atoms with E-state index in [1.54, 1.807) is 18.6 Å². The second-order valence-corrected chi connectivity index (χ2v) is 6.62. The molecule has 0 aliphatic carbocycles. The van der Waals surface area contributed by atoms with Crippen LogP contribution < -0.4 is 5.32 Å². The van der Waals surface area contributed by atoms with Gasteiger partial charge >= 0.3 is 0 Å². The molecular formula is C14H12Cl2N4S. The minimum Gasteiger partial charge on any atom is -0.380 e. The molecule has 3 rings (SSSR count). The van der Waals surface area contributed by atoms with Gasteiger partial charge in [-0.05, 0) is 17.7 Å². The topological polar surface area (TPSA) is 42.7 Å². The van der Waals surface area contributed by atoms with Gasteiger partial charge in [-0.15, -0.1) is 11.3 Å². The standard InChI is InChI=1S/C14H12Cl2N4S/c15-11-5-19-20(9-11)8-10-1-3-12(4-2-10)17-6-13-7-18-14(16)21-13/h1-5,7,9,17H,6,8H2. The Morgan fingerprint density at radius 2 is 1.95 bits per heavy atom. The average Bonchev–Trinajstić information content (AvgIpc) is 3.07. The summed E-state index contributed by atoms with van der Waals surface area (Å²) in [6, 6.07) is 8.22. The quantitative estimate of drug-likeness (QED) is 0.753. The molecule has 0 saturated heterocycles. The summed E-state index contributed by atoms with van der Waals surface area (Å²) in [6.45, 7) is 1.43. The van der Waals surface area contributed by atoms with Crippen molar-refractivity contribution in [2.24, 2.45) is 0 Å². The molecule has 2 heterocycles. The van der Waals surface area contributed by atoms with Crippen molar-refractivity contribution in [2.45, 2.75) is 13.1 Å². The van der Waals surface area contributed by atoms with Crippen LogP contribution in [-0.2, 0) is 13.1 Å². The second-order valence-electron chi connectivity index (χ2n) is 4.49. The van der Waals surface area contributed by atoms with Gasteiger partial charge in [0.2, 0.25) is 0 Å². The molecular weight excluding hydrogens is 327 g/mol. The van der Waals surface area contributed by atoms with Crippen LogP contribution in [-0.4, -0.2) is 14.8 Å². The molecule has 0 spiro atoms. The number of aromatic nitrogens is 3. The third kappa shape index (κ3) is 3.97. The summed E-state index contributed by atoms with van der Waals surface area (Å²) in [4.78, 5) is 5.12. The number of benzene rings is 1. The maximum Gasteiger partial charge on any atom is 0.183 e. The first-order valence-electron chi connectivity index (χ1n) is 6.30. The predicted octanol–water partition coefficient (Wildman–Crippen LogP) is 4.31. The first kappa shape index (κ1) is 14.4. The summed E-state index contributed by atoms with van der Waals surface area (Å²) in [7, 11) is 0. The van der Waals surface area contributed by atoms with Crippen molar-refractivity contribution in [1.82, 2.24) is 14.8 Å². The van der Waals surface area contributed by atoms with Crippen LogP contribution in [0.5, 0.6) is 0 Å². The molecule has 7 heteroatoms. The Hall–Kier alpha value is -1.56. The van der Waals surface area contributed by atoms with Crippen molar-refractivity contribution in [3.05, 3.63) is 62.8 Å². The molecule has 0 saturated carbocycles. The van der Waals surface area contributed by atoms with Gasteiger partial charge in [0.15, 0.2) is 4.47 Å². The van der Waals surface area contributed by atoms with E-state index in [2.05, 4.69) is 27.5 Å². The molecule has 0 aliphatic rings.